The van der Waals surface area contributed by atoms with Gasteiger partial charge >= 0.3 is 0 Å². The molecule has 0 bridgehead atoms. The number of aliphatic hydroxyl groups excluding tert-OH is 1. The third-order valence-corrected chi connectivity index (χ3v) is 15.2. The molecule has 3 heterocycles. The molecule has 0 spiro atoms. The number of aliphatic hydroxyl groups is 1. The first-order chi connectivity index (χ1) is 38.4. The van der Waals surface area contributed by atoms with Gasteiger partial charge in [-0.3, -0.25) is 0 Å². The standard InChI is InChI=1S/2C21H25IO4.C21H26O5/c3*1-23-20-12-18(24-14-16-8-4-2-5-9-16)21(19(13-22)26-20)25-15-17-10-6-3-7-11-17/h2*2-11,18-21H,12-15H2,1H3;2-11,18-22H,12-15H2,1H3. The van der Waals surface area contributed by atoms with Gasteiger partial charge in [0.15, 0.2) is 18.9 Å². The highest BCUT2D eigenvalue weighted by molar-refractivity contribution is 14.1. The lowest BCUT2D eigenvalue weighted by molar-refractivity contribution is -0.269. The maximum atomic E-state index is 9.76. The summed E-state index contributed by atoms with van der Waals surface area (Å²) in [5.41, 5.74) is 6.77. The Morgan fingerprint density at radius 2 is 0.564 bits per heavy atom. The van der Waals surface area contributed by atoms with Crippen LogP contribution in [-0.2, 0) is 96.5 Å². The molecule has 3 aliphatic heterocycles. The van der Waals surface area contributed by atoms with Gasteiger partial charge in [-0.15, -0.1) is 0 Å². The Bertz CT molecular complexity index is 2180. The summed E-state index contributed by atoms with van der Waals surface area (Å²) >= 11 is 4.67. The average Bonchev–Trinajstić information content (AvgIpc) is 3.54. The number of hydrogen-bond acceptors (Lipinski definition) is 13. The molecule has 0 aliphatic carbocycles. The second-order valence-electron chi connectivity index (χ2n) is 19.0. The van der Waals surface area contributed by atoms with Crippen molar-refractivity contribution in [1.82, 2.24) is 0 Å². The molecule has 15 heteroatoms. The van der Waals surface area contributed by atoms with E-state index in [1.165, 1.54) is 0 Å². The number of benzene rings is 6. The fourth-order valence-electron chi connectivity index (χ4n) is 9.29. The molecule has 0 amide bonds. The molecule has 0 aromatic heterocycles. The third kappa shape index (κ3) is 20.4. The fourth-order valence-corrected chi connectivity index (χ4v) is 10.7. The molecule has 6 aromatic rings. The van der Waals surface area contributed by atoms with Gasteiger partial charge in [-0.1, -0.05) is 227 Å². The lowest BCUT2D eigenvalue weighted by atomic mass is 10.0. The van der Waals surface area contributed by atoms with Crippen LogP contribution in [0.5, 0.6) is 0 Å². The Labute approximate surface area is 488 Å². The van der Waals surface area contributed by atoms with Gasteiger partial charge in [0.1, 0.15) is 24.4 Å². The van der Waals surface area contributed by atoms with Crippen LogP contribution in [0.4, 0.5) is 0 Å². The molecule has 0 radical (unpaired) electrons. The SMILES string of the molecule is COC1CC(OCc2ccccc2)C(OCc2ccccc2)C(CI)O1.COC1CC(OCc2ccccc2)C(OCc2ccccc2)C(CI)O1.COC1CC(OCc2ccccc2)C(OCc2ccccc2)C(CO)O1. The number of methoxy groups -OCH3 is 3. The summed E-state index contributed by atoms with van der Waals surface area (Å²) in [6.45, 7) is 2.97. The second-order valence-corrected chi connectivity index (χ2v) is 20.8. The van der Waals surface area contributed by atoms with Crippen molar-refractivity contribution in [2.24, 2.45) is 0 Å². The molecule has 12 unspecified atom stereocenters. The monoisotopic (exact) mass is 1290 g/mol. The molecule has 78 heavy (non-hydrogen) atoms. The number of rotatable bonds is 24. The molecule has 6 aromatic carbocycles. The van der Waals surface area contributed by atoms with Crippen LogP contribution in [-0.4, -0.2) is 116 Å². The van der Waals surface area contributed by atoms with Crippen LogP contribution in [0.1, 0.15) is 52.6 Å². The summed E-state index contributed by atoms with van der Waals surface area (Å²) in [5.74, 6) is 0. The first-order valence-corrected chi connectivity index (χ1v) is 29.7. The third-order valence-electron chi connectivity index (χ3n) is 13.5. The number of hydrogen-bond donors (Lipinski definition) is 1. The predicted octanol–water partition coefficient (Wildman–Crippen LogP) is 11.6. The van der Waals surface area contributed by atoms with E-state index in [1.807, 2.05) is 133 Å². The highest BCUT2D eigenvalue weighted by Crippen LogP contribution is 2.31. The van der Waals surface area contributed by atoms with E-state index in [2.05, 4.69) is 93.7 Å². The molecular formula is C63H76I2O13. The first-order valence-electron chi connectivity index (χ1n) is 26.6. The Hall–Kier alpha value is -3.74. The van der Waals surface area contributed by atoms with Gasteiger partial charge < -0.3 is 61.9 Å². The average molecular weight is 1300 g/mol. The zero-order valence-corrected chi connectivity index (χ0v) is 49.2. The number of alkyl halides is 2. The van der Waals surface area contributed by atoms with E-state index in [0.717, 1.165) is 42.2 Å². The Balaban J connectivity index is 0.000000170. The highest BCUT2D eigenvalue weighted by atomic mass is 127. The molecule has 3 fully saturated rings. The lowest BCUT2D eigenvalue weighted by Gasteiger charge is -2.40. The van der Waals surface area contributed by atoms with Crippen molar-refractivity contribution in [2.45, 2.75) is 133 Å². The summed E-state index contributed by atoms with van der Waals surface area (Å²) < 4.78 is 73.0. The maximum Gasteiger partial charge on any atom is 0.160 e. The summed E-state index contributed by atoms with van der Waals surface area (Å²) in [5, 5.41) is 9.76. The van der Waals surface area contributed by atoms with Crippen molar-refractivity contribution < 1.29 is 61.9 Å². The minimum absolute atomic E-state index is 0.0567. The minimum atomic E-state index is -0.488. The van der Waals surface area contributed by atoms with Crippen molar-refractivity contribution >= 4 is 45.2 Å². The summed E-state index contributed by atoms with van der Waals surface area (Å²) in [4.78, 5) is 0. The van der Waals surface area contributed by atoms with Crippen molar-refractivity contribution in [2.75, 3.05) is 36.8 Å². The molecule has 13 nitrogen and oxygen atoms in total. The van der Waals surface area contributed by atoms with Crippen LogP contribution in [0.3, 0.4) is 0 Å². The summed E-state index contributed by atoms with van der Waals surface area (Å²) in [7, 11) is 4.95. The van der Waals surface area contributed by atoms with Crippen molar-refractivity contribution in [3.63, 3.8) is 0 Å². The van der Waals surface area contributed by atoms with E-state index in [1.54, 1.807) is 21.3 Å². The molecule has 3 aliphatic rings. The maximum absolute atomic E-state index is 9.76. The number of ether oxygens (including phenoxy) is 12. The normalized spacial score (nSPS) is 25.9. The number of halogens is 2. The van der Waals surface area contributed by atoms with Crippen LogP contribution >= 0.6 is 45.2 Å². The van der Waals surface area contributed by atoms with E-state index in [9.17, 15) is 5.11 Å². The second kappa shape index (κ2) is 35.2. The summed E-state index contributed by atoms with van der Waals surface area (Å²) in [6, 6.07) is 60.7. The molecule has 420 valence electrons. The zero-order chi connectivity index (χ0) is 54.6. The largest absolute Gasteiger partial charge is 0.394 e. The molecule has 3 saturated heterocycles. The lowest BCUT2D eigenvalue weighted by Crippen LogP contribution is -2.52. The van der Waals surface area contributed by atoms with E-state index < -0.39 is 12.4 Å². The molecular weight excluding hydrogens is 1220 g/mol. The van der Waals surface area contributed by atoms with E-state index in [0.29, 0.717) is 58.9 Å². The van der Waals surface area contributed by atoms with Gasteiger partial charge in [0.05, 0.1) is 76.8 Å². The quantitative estimate of drug-likeness (QED) is 0.0456. The van der Waals surface area contributed by atoms with Crippen LogP contribution in [0.25, 0.3) is 0 Å². The molecule has 9 rings (SSSR count). The smallest absolute Gasteiger partial charge is 0.160 e. The van der Waals surface area contributed by atoms with Gasteiger partial charge in [-0.25, -0.2) is 0 Å². The van der Waals surface area contributed by atoms with E-state index >= 15 is 0 Å². The Morgan fingerprint density at radius 1 is 0.346 bits per heavy atom. The highest BCUT2D eigenvalue weighted by Gasteiger charge is 2.42. The van der Waals surface area contributed by atoms with Gasteiger partial charge in [0, 0.05) is 49.4 Å². The van der Waals surface area contributed by atoms with Crippen LogP contribution in [0, 0.1) is 0 Å². The van der Waals surface area contributed by atoms with Gasteiger partial charge in [-0.2, -0.15) is 0 Å². The van der Waals surface area contributed by atoms with Crippen molar-refractivity contribution in [3.8, 4) is 0 Å². The van der Waals surface area contributed by atoms with Crippen molar-refractivity contribution in [3.05, 3.63) is 215 Å². The van der Waals surface area contributed by atoms with Crippen molar-refractivity contribution in [1.29, 1.82) is 0 Å². The van der Waals surface area contributed by atoms with Crippen LogP contribution < -0.4 is 0 Å². The molecule has 0 saturated carbocycles. The summed E-state index contributed by atoms with van der Waals surface area (Å²) in [6.07, 6.45) is -0.630. The van der Waals surface area contributed by atoms with Gasteiger partial charge in [0.25, 0.3) is 0 Å². The zero-order valence-electron chi connectivity index (χ0n) is 44.8. The van der Waals surface area contributed by atoms with E-state index in [4.69, 9.17) is 56.8 Å². The van der Waals surface area contributed by atoms with Crippen LogP contribution in [0.2, 0.25) is 0 Å². The van der Waals surface area contributed by atoms with Gasteiger partial charge in [-0.05, 0) is 33.4 Å². The molecule has 1 N–H and O–H groups in total. The predicted molar refractivity (Wildman–Crippen MR) is 316 cm³/mol. The van der Waals surface area contributed by atoms with Crippen LogP contribution in [0.15, 0.2) is 182 Å². The van der Waals surface area contributed by atoms with E-state index in [-0.39, 0.29) is 68.0 Å². The first kappa shape index (κ1) is 61.9. The molecule has 12 atom stereocenters. The minimum Gasteiger partial charge on any atom is -0.394 e. The Kier molecular flexibility index (Phi) is 27.9. The fraction of sp³-hybridized carbons (Fsp3) is 0.429. The van der Waals surface area contributed by atoms with Gasteiger partial charge in [0.2, 0.25) is 0 Å². The topological polar surface area (TPSA) is 131 Å². The Morgan fingerprint density at radius 3 is 0.782 bits per heavy atom.